The van der Waals surface area contributed by atoms with Crippen molar-refractivity contribution in [1.82, 2.24) is 9.55 Å². The minimum absolute atomic E-state index is 0.150. The first-order chi connectivity index (χ1) is 7.99. The van der Waals surface area contributed by atoms with Gasteiger partial charge in [-0.1, -0.05) is 15.9 Å². The standard InChI is InChI=1S/C11H12BrN3O2/c1-6(16)17-5-10-14-11-8(13)3-7(12)4-9(11)15(10)2/h3-4H,5,13H2,1-2H3. The fourth-order valence-electron chi connectivity index (χ4n) is 1.62. The summed E-state index contributed by atoms with van der Waals surface area (Å²) in [5.74, 6) is 0.339. The fraction of sp³-hybridized carbons (Fsp3) is 0.273. The predicted octanol–water partition coefficient (Wildman–Crippen LogP) is 1.98. The maximum absolute atomic E-state index is 10.8. The number of halogens is 1. The zero-order chi connectivity index (χ0) is 12.6. The second-order valence-corrected chi connectivity index (χ2v) is 4.65. The van der Waals surface area contributed by atoms with Crippen molar-refractivity contribution in [3.05, 3.63) is 22.4 Å². The topological polar surface area (TPSA) is 70.1 Å². The number of nitrogen functional groups attached to an aromatic ring is 1. The number of esters is 1. The SMILES string of the molecule is CC(=O)OCc1nc2c(N)cc(Br)cc2n1C. The number of aryl methyl sites for hydroxylation is 1. The Morgan fingerprint density at radius 1 is 1.59 bits per heavy atom. The van der Waals surface area contributed by atoms with E-state index in [1.54, 1.807) is 6.07 Å². The quantitative estimate of drug-likeness (QED) is 0.680. The van der Waals surface area contributed by atoms with Crippen molar-refractivity contribution in [1.29, 1.82) is 0 Å². The van der Waals surface area contributed by atoms with Crippen LogP contribution >= 0.6 is 15.9 Å². The number of hydrogen-bond donors (Lipinski definition) is 1. The summed E-state index contributed by atoms with van der Waals surface area (Å²) in [6, 6.07) is 3.72. The number of carbonyl (C=O) groups excluding carboxylic acids is 1. The molecule has 0 unspecified atom stereocenters. The first-order valence-corrected chi connectivity index (χ1v) is 5.82. The third kappa shape index (κ3) is 2.26. The summed E-state index contributed by atoms with van der Waals surface area (Å²) in [5.41, 5.74) is 8.10. The van der Waals surface area contributed by atoms with Crippen LogP contribution in [0.25, 0.3) is 11.0 Å². The number of aromatic nitrogens is 2. The molecule has 1 heterocycles. The van der Waals surface area contributed by atoms with Crippen LogP contribution in [0.5, 0.6) is 0 Å². The van der Waals surface area contributed by atoms with Gasteiger partial charge < -0.3 is 15.0 Å². The van der Waals surface area contributed by atoms with Crippen LogP contribution in [0.3, 0.4) is 0 Å². The lowest BCUT2D eigenvalue weighted by Crippen LogP contribution is -2.04. The van der Waals surface area contributed by atoms with Crippen molar-refractivity contribution in [3.8, 4) is 0 Å². The van der Waals surface area contributed by atoms with Gasteiger partial charge in [0.1, 0.15) is 17.9 Å². The molecule has 0 saturated carbocycles. The van der Waals surface area contributed by atoms with Gasteiger partial charge in [-0.15, -0.1) is 0 Å². The molecule has 90 valence electrons. The fourth-order valence-corrected chi connectivity index (χ4v) is 2.08. The van der Waals surface area contributed by atoms with Crippen molar-refractivity contribution in [3.63, 3.8) is 0 Å². The Balaban J connectivity index is 2.49. The molecule has 0 aliphatic heterocycles. The van der Waals surface area contributed by atoms with Crippen molar-refractivity contribution in [2.75, 3.05) is 5.73 Å². The molecular formula is C11H12BrN3O2. The van der Waals surface area contributed by atoms with Crippen LogP contribution in [0.1, 0.15) is 12.7 Å². The lowest BCUT2D eigenvalue weighted by Gasteiger charge is -2.02. The van der Waals surface area contributed by atoms with E-state index in [0.717, 1.165) is 15.5 Å². The van der Waals surface area contributed by atoms with Gasteiger partial charge in [0.05, 0.1) is 11.2 Å². The highest BCUT2D eigenvalue weighted by Crippen LogP contribution is 2.26. The summed E-state index contributed by atoms with van der Waals surface area (Å²) in [6.45, 7) is 1.52. The summed E-state index contributed by atoms with van der Waals surface area (Å²) in [5, 5.41) is 0. The average Bonchev–Trinajstić information content (AvgIpc) is 2.54. The second-order valence-electron chi connectivity index (χ2n) is 3.73. The molecule has 0 bridgehead atoms. The summed E-state index contributed by atoms with van der Waals surface area (Å²) < 4.78 is 7.69. The van der Waals surface area contributed by atoms with E-state index in [1.165, 1.54) is 6.92 Å². The van der Waals surface area contributed by atoms with Gasteiger partial charge in [0.2, 0.25) is 0 Å². The van der Waals surface area contributed by atoms with Crippen LogP contribution < -0.4 is 5.73 Å². The number of anilines is 1. The maximum Gasteiger partial charge on any atom is 0.303 e. The van der Waals surface area contributed by atoms with Crippen LogP contribution in [0.4, 0.5) is 5.69 Å². The minimum Gasteiger partial charge on any atom is -0.458 e. The van der Waals surface area contributed by atoms with E-state index in [-0.39, 0.29) is 12.6 Å². The monoisotopic (exact) mass is 297 g/mol. The molecule has 1 aromatic carbocycles. The third-order valence-corrected chi connectivity index (χ3v) is 2.94. The lowest BCUT2D eigenvalue weighted by atomic mass is 10.3. The number of rotatable bonds is 2. The Labute approximate surface area is 107 Å². The Morgan fingerprint density at radius 2 is 2.29 bits per heavy atom. The smallest absolute Gasteiger partial charge is 0.303 e. The van der Waals surface area contributed by atoms with E-state index in [9.17, 15) is 4.79 Å². The van der Waals surface area contributed by atoms with Crippen molar-refractivity contribution < 1.29 is 9.53 Å². The van der Waals surface area contributed by atoms with Crippen LogP contribution in [-0.2, 0) is 23.2 Å². The van der Waals surface area contributed by atoms with Crippen LogP contribution in [0, 0.1) is 0 Å². The molecular weight excluding hydrogens is 286 g/mol. The molecule has 17 heavy (non-hydrogen) atoms. The molecule has 0 aliphatic rings. The van der Waals surface area contributed by atoms with Crippen molar-refractivity contribution in [2.24, 2.45) is 7.05 Å². The Hall–Kier alpha value is -1.56. The van der Waals surface area contributed by atoms with Crippen molar-refractivity contribution >= 4 is 38.6 Å². The predicted molar refractivity (Wildman–Crippen MR) is 68.3 cm³/mol. The second kappa shape index (κ2) is 4.37. The first-order valence-electron chi connectivity index (χ1n) is 5.02. The maximum atomic E-state index is 10.8. The molecule has 0 radical (unpaired) electrons. The number of nitrogens with two attached hydrogens (primary N) is 1. The molecule has 0 amide bonds. The van der Waals surface area contributed by atoms with E-state index >= 15 is 0 Å². The number of nitrogens with zero attached hydrogens (tertiary/aromatic N) is 2. The molecule has 0 atom stereocenters. The van der Waals surface area contributed by atoms with E-state index in [1.807, 2.05) is 17.7 Å². The van der Waals surface area contributed by atoms with Crippen LogP contribution in [-0.4, -0.2) is 15.5 Å². The molecule has 6 heteroatoms. The number of carbonyl (C=O) groups is 1. The molecule has 5 nitrogen and oxygen atoms in total. The molecule has 1 aromatic heterocycles. The van der Waals surface area contributed by atoms with Gasteiger partial charge in [0.15, 0.2) is 0 Å². The summed E-state index contributed by atoms with van der Waals surface area (Å²) in [4.78, 5) is 15.1. The van der Waals surface area contributed by atoms with E-state index in [4.69, 9.17) is 10.5 Å². The molecule has 2 N–H and O–H groups in total. The average molecular weight is 298 g/mol. The lowest BCUT2D eigenvalue weighted by molar-refractivity contribution is -0.142. The zero-order valence-electron chi connectivity index (χ0n) is 9.53. The third-order valence-electron chi connectivity index (χ3n) is 2.48. The first kappa shape index (κ1) is 11.9. The van der Waals surface area contributed by atoms with E-state index in [0.29, 0.717) is 11.5 Å². The number of ether oxygens (including phenoxy) is 1. The number of hydrogen-bond acceptors (Lipinski definition) is 4. The normalized spacial score (nSPS) is 10.8. The van der Waals surface area contributed by atoms with Gasteiger partial charge in [0, 0.05) is 18.4 Å². The highest BCUT2D eigenvalue weighted by Gasteiger charge is 2.11. The Bertz CT molecular complexity index is 592. The van der Waals surface area contributed by atoms with Gasteiger partial charge in [-0.05, 0) is 12.1 Å². The van der Waals surface area contributed by atoms with Crippen LogP contribution in [0.15, 0.2) is 16.6 Å². The van der Waals surface area contributed by atoms with Gasteiger partial charge in [-0.2, -0.15) is 0 Å². The Kier molecular flexibility index (Phi) is 3.06. The highest BCUT2D eigenvalue weighted by atomic mass is 79.9. The van der Waals surface area contributed by atoms with Gasteiger partial charge in [-0.3, -0.25) is 4.79 Å². The van der Waals surface area contributed by atoms with Gasteiger partial charge >= 0.3 is 5.97 Å². The van der Waals surface area contributed by atoms with E-state index < -0.39 is 0 Å². The van der Waals surface area contributed by atoms with Gasteiger partial charge in [0.25, 0.3) is 0 Å². The van der Waals surface area contributed by atoms with Crippen LogP contribution in [0.2, 0.25) is 0 Å². The molecule has 0 fully saturated rings. The largest absolute Gasteiger partial charge is 0.458 e. The number of fused-ring (bicyclic) bond motifs is 1. The van der Waals surface area contributed by atoms with Crippen molar-refractivity contribution in [2.45, 2.75) is 13.5 Å². The summed E-state index contributed by atoms with van der Waals surface area (Å²) >= 11 is 3.38. The number of benzene rings is 1. The summed E-state index contributed by atoms with van der Waals surface area (Å²) in [7, 11) is 1.86. The molecule has 0 spiro atoms. The molecule has 0 saturated heterocycles. The zero-order valence-corrected chi connectivity index (χ0v) is 11.1. The molecule has 0 aliphatic carbocycles. The Morgan fingerprint density at radius 3 is 2.94 bits per heavy atom. The summed E-state index contributed by atoms with van der Waals surface area (Å²) in [6.07, 6.45) is 0. The minimum atomic E-state index is -0.328. The molecule has 2 aromatic rings. The van der Waals surface area contributed by atoms with E-state index in [2.05, 4.69) is 20.9 Å². The van der Waals surface area contributed by atoms with Gasteiger partial charge in [-0.25, -0.2) is 4.98 Å². The molecule has 2 rings (SSSR count). The highest BCUT2D eigenvalue weighted by molar-refractivity contribution is 9.10. The number of imidazole rings is 1.